The summed E-state index contributed by atoms with van der Waals surface area (Å²) in [6, 6.07) is 11.6. The Balaban J connectivity index is 1.33. The Hall–Kier alpha value is -2.40. The monoisotopic (exact) mass is 365 g/mol. The summed E-state index contributed by atoms with van der Waals surface area (Å²) in [6.07, 6.45) is 6.87. The van der Waals surface area contributed by atoms with Crippen LogP contribution in [0, 0.1) is 12.8 Å². The molecule has 3 heterocycles. The molecule has 1 unspecified atom stereocenters. The van der Waals surface area contributed by atoms with Gasteiger partial charge in [0.15, 0.2) is 0 Å². The highest BCUT2D eigenvalue weighted by Gasteiger charge is 2.29. The van der Waals surface area contributed by atoms with Crippen LogP contribution in [-0.4, -0.2) is 36.7 Å². The molecule has 142 valence electrons. The van der Waals surface area contributed by atoms with Crippen molar-refractivity contribution >= 4 is 17.4 Å². The highest BCUT2D eigenvalue weighted by molar-refractivity contribution is 6.04. The maximum Gasteiger partial charge on any atom is 0.257 e. The van der Waals surface area contributed by atoms with E-state index in [1.165, 1.54) is 18.4 Å². The average molecular weight is 365 g/mol. The molecular weight excluding hydrogens is 338 g/mol. The number of hydrogen-bond donors (Lipinski definition) is 1. The lowest BCUT2D eigenvalue weighted by Gasteiger charge is -2.35. The van der Waals surface area contributed by atoms with Gasteiger partial charge in [0, 0.05) is 31.6 Å². The number of anilines is 2. The smallest absolute Gasteiger partial charge is 0.257 e. The maximum absolute atomic E-state index is 12.4. The summed E-state index contributed by atoms with van der Waals surface area (Å²) in [6.45, 7) is 4.97. The summed E-state index contributed by atoms with van der Waals surface area (Å²) >= 11 is 0. The lowest BCUT2D eigenvalue weighted by atomic mass is 9.90. The van der Waals surface area contributed by atoms with E-state index in [9.17, 15) is 4.79 Å². The molecule has 1 atom stereocenters. The Morgan fingerprint density at radius 1 is 1.11 bits per heavy atom. The summed E-state index contributed by atoms with van der Waals surface area (Å²) < 4.78 is 5.85. The maximum atomic E-state index is 12.4. The Kier molecular flexibility index (Phi) is 5.39. The molecule has 1 amide bonds. The fraction of sp³-hybridized carbons (Fsp3) is 0.455. The van der Waals surface area contributed by atoms with Crippen LogP contribution >= 0.6 is 0 Å². The van der Waals surface area contributed by atoms with E-state index < -0.39 is 0 Å². The molecule has 5 nitrogen and oxygen atoms in total. The molecule has 0 bridgehead atoms. The van der Waals surface area contributed by atoms with Gasteiger partial charge in [-0.1, -0.05) is 17.7 Å². The molecule has 1 aromatic carbocycles. The molecule has 1 aromatic heterocycles. The van der Waals surface area contributed by atoms with Gasteiger partial charge >= 0.3 is 0 Å². The number of aryl methyl sites for hydroxylation is 1. The highest BCUT2D eigenvalue weighted by Crippen LogP contribution is 2.30. The van der Waals surface area contributed by atoms with Crippen molar-refractivity contribution in [3.63, 3.8) is 0 Å². The number of pyridine rings is 1. The summed E-state index contributed by atoms with van der Waals surface area (Å²) in [7, 11) is 0. The van der Waals surface area contributed by atoms with Crippen LogP contribution in [-0.2, 0) is 4.74 Å². The van der Waals surface area contributed by atoms with E-state index in [-0.39, 0.29) is 5.91 Å². The van der Waals surface area contributed by atoms with Crippen molar-refractivity contribution in [3.8, 4) is 0 Å². The first-order valence-electron chi connectivity index (χ1n) is 9.90. The minimum Gasteiger partial charge on any atom is -0.378 e. The minimum absolute atomic E-state index is 0.130. The van der Waals surface area contributed by atoms with E-state index >= 15 is 0 Å². The number of carbonyl (C=O) groups excluding carboxylic acids is 1. The molecular formula is C22H27N3O2. The number of carbonyl (C=O) groups is 1. The lowest BCUT2D eigenvalue weighted by molar-refractivity contribution is 0.0531. The summed E-state index contributed by atoms with van der Waals surface area (Å²) in [5.41, 5.74) is 2.54. The van der Waals surface area contributed by atoms with Crippen LogP contribution in [0.4, 0.5) is 11.5 Å². The van der Waals surface area contributed by atoms with E-state index in [2.05, 4.69) is 15.2 Å². The first kappa shape index (κ1) is 18.0. The normalized spacial score (nSPS) is 20.6. The van der Waals surface area contributed by atoms with Crippen LogP contribution < -0.4 is 10.2 Å². The molecule has 4 rings (SSSR count). The molecule has 2 fully saturated rings. The second kappa shape index (κ2) is 8.09. The van der Waals surface area contributed by atoms with Gasteiger partial charge in [0.05, 0.1) is 11.7 Å². The molecule has 0 radical (unpaired) electrons. The Morgan fingerprint density at radius 2 is 1.89 bits per heavy atom. The zero-order valence-corrected chi connectivity index (χ0v) is 15.9. The zero-order chi connectivity index (χ0) is 18.6. The lowest BCUT2D eigenvalue weighted by Crippen LogP contribution is -2.38. The predicted molar refractivity (Wildman–Crippen MR) is 107 cm³/mol. The molecule has 0 spiro atoms. The molecule has 0 aliphatic carbocycles. The van der Waals surface area contributed by atoms with Crippen molar-refractivity contribution in [1.82, 2.24) is 4.98 Å². The van der Waals surface area contributed by atoms with Crippen molar-refractivity contribution in [2.45, 2.75) is 38.7 Å². The number of hydrogen-bond acceptors (Lipinski definition) is 4. The van der Waals surface area contributed by atoms with Gasteiger partial charge in [-0.05, 0) is 62.8 Å². The molecule has 5 heteroatoms. The predicted octanol–water partition coefficient (Wildman–Crippen LogP) is 4.04. The molecule has 2 aliphatic rings. The fourth-order valence-corrected chi connectivity index (χ4v) is 4.02. The van der Waals surface area contributed by atoms with Crippen LogP contribution in [0.15, 0.2) is 42.6 Å². The Bertz CT molecular complexity index is 759. The quantitative estimate of drug-likeness (QED) is 0.888. The summed E-state index contributed by atoms with van der Waals surface area (Å²) in [5.74, 6) is 1.51. The van der Waals surface area contributed by atoms with E-state index in [0.717, 1.165) is 44.0 Å². The second-order valence-electron chi connectivity index (χ2n) is 7.60. The third kappa shape index (κ3) is 4.30. The topological polar surface area (TPSA) is 54.5 Å². The van der Waals surface area contributed by atoms with Gasteiger partial charge in [0.1, 0.15) is 5.82 Å². The van der Waals surface area contributed by atoms with Crippen molar-refractivity contribution in [3.05, 3.63) is 53.7 Å². The summed E-state index contributed by atoms with van der Waals surface area (Å²) in [5, 5.41) is 2.92. The zero-order valence-electron chi connectivity index (χ0n) is 15.9. The number of benzene rings is 1. The van der Waals surface area contributed by atoms with Crippen molar-refractivity contribution in [2.75, 3.05) is 29.9 Å². The van der Waals surface area contributed by atoms with Gasteiger partial charge < -0.3 is 15.0 Å². The van der Waals surface area contributed by atoms with Gasteiger partial charge in [-0.15, -0.1) is 0 Å². The van der Waals surface area contributed by atoms with Crippen molar-refractivity contribution in [1.29, 1.82) is 0 Å². The molecule has 2 aliphatic heterocycles. The number of amides is 1. The van der Waals surface area contributed by atoms with Crippen molar-refractivity contribution < 1.29 is 9.53 Å². The number of nitrogens with one attached hydrogen (secondary N) is 1. The Morgan fingerprint density at radius 3 is 2.52 bits per heavy atom. The number of aromatic nitrogens is 1. The third-order valence-electron chi connectivity index (χ3n) is 5.67. The largest absolute Gasteiger partial charge is 0.378 e. The first-order valence-corrected chi connectivity index (χ1v) is 9.90. The number of rotatable bonds is 4. The molecule has 1 N–H and O–H groups in total. The van der Waals surface area contributed by atoms with Gasteiger partial charge in [0.25, 0.3) is 5.91 Å². The Labute approximate surface area is 160 Å². The number of nitrogens with zero attached hydrogens (tertiary/aromatic N) is 2. The van der Waals surface area contributed by atoms with Gasteiger partial charge in [-0.2, -0.15) is 0 Å². The van der Waals surface area contributed by atoms with E-state index in [4.69, 9.17) is 4.74 Å². The van der Waals surface area contributed by atoms with E-state index in [1.807, 2.05) is 43.3 Å². The molecule has 27 heavy (non-hydrogen) atoms. The number of piperidine rings is 1. The van der Waals surface area contributed by atoms with Crippen LogP contribution in [0.5, 0.6) is 0 Å². The van der Waals surface area contributed by atoms with Gasteiger partial charge in [-0.3, -0.25) is 4.79 Å². The van der Waals surface area contributed by atoms with Crippen LogP contribution in [0.25, 0.3) is 0 Å². The standard InChI is InChI=1S/C22H27N3O2/c1-16-4-7-19(8-5-16)24-22(26)18-6-9-21(23-15-18)25-12-10-17(11-13-25)20-3-2-14-27-20/h4-9,15,17,20H,2-3,10-14H2,1H3,(H,24,26). The van der Waals surface area contributed by atoms with Crippen molar-refractivity contribution in [2.24, 2.45) is 5.92 Å². The molecule has 2 saturated heterocycles. The molecule has 0 saturated carbocycles. The van der Waals surface area contributed by atoms with Crippen LogP contribution in [0.3, 0.4) is 0 Å². The first-order chi connectivity index (χ1) is 13.2. The average Bonchev–Trinajstić information content (AvgIpc) is 3.25. The van der Waals surface area contributed by atoms with Crippen LogP contribution in [0.1, 0.15) is 41.6 Å². The van der Waals surface area contributed by atoms with Gasteiger partial charge in [-0.25, -0.2) is 4.98 Å². The fourth-order valence-electron chi connectivity index (χ4n) is 4.02. The van der Waals surface area contributed by atoms with E-state index in [1.54, 1.807) is 6.20 Å². The second-order valence-corrected chi connectivity index (χ2v) is 7.60. The third-order valence-corrected chi connectivity index (χ3v) is 5.67. The summed E-state index contributed by atoms with van der Waals surface area (Å²) in [4.78, 5) is 19.2. The molecule has 2 aromatic rings. The SMILES string of the molecule is Cc1ccc(NC(=O)c2ccc(N3CCC(C4CCCO4)CC3)nc2)cc1. The highest BCUT2D eigenvalue weighted by atomic mass is 16.5. The number of ether oxygens (including phenoxy) is 1. The van der Waals surface area contributed by atoms with Gasteiger partial charge in [0.2, 0.25) is 0 Å². The van der Waals surface area contributed by atoms with Crippen LogP contribution in [0.2, 0.25) is 0 Å². The minimum atomic E-state index is -0.130. The van der Waals surface area contributed by atoms with E-state index in [0.29, 0.717) is 17.6 Å².